The molecule has 1 aromatic heterocycles. The number of imidazole rings is 1. The molecule has 0 aliphatic heterocycles. The number of benzene rings is 2. The van der Waals surface area contributed by atoms with Crippen LogP contribution in [0.25, 0.3) is 16.7 Å². The monoisotopic (exact) mass is 275 g/mol. The number of para-hydroxylation sites is 1. The first kappa shape index (κ1) is 12.4. The smallest absolute Gasteiger partial charge is 0.206 e. The summed E-state index contributed by atoms with van der Waals surface area (Å²) in [6.07, 6.45) is 0. The Bertz CT molecular complexity index is 798. The zero-order valence-corrected chi connectivity index (χ0v) is 10.6. The molecule has 102 valence electrons. The standard InChI is InChI=1S/C14H11F2N3O/c1-20-12-4-2-3-10-13(12)18-14(17)19(10)11-7-8(15)5-6-9(11)16/h2-7H,1H3,(H2,17,18). The number of halogens is 2. The highest BCUT2D eigenvalue weighted by Crippen LogP contribution is 2.30. The minimum Gasteiger partial charge on any atom is -0.494 e. The van der Waals surface area contributed by atoms with Crippen LogP contribution in [0.4, 0.5) is 14.7 Å². The van der Waals surface area contributed by atoms with Crippen LogP contribution in [0.5, 0.6) is 5.75 Å². The summed E-state index contributed by atoms with van der Waals surface area (Å²) in [5, 5.41) is 0. The summed E-state index contributed by atoms with van der Waals surface area (Å²) in [5.74, 6) is -0.551. The van der Waals surface area contributed by atoms with Gasteiger partial charge < -0.3 is 10.5 Å². The molecular weight excluding hydrogens is 264 g/mol. The van der Waals surface area contributed by atoms with Crippen molar-refractivity contribution in [3.8, 4) is 11.4 Å². The molecule has 0 aliphatic rings. The van der Waals surface area contributed by atoms with Crippen molar-refractivity contribution in [2.75, 3.05) is 12.8 Å². The highest BCUT2D eigenvalue weighted by atomic mass is 19.1. The zero-order valence-electron chi connectivity index (χ0n) is 10.6. The zero-order chi connectivity index (χ0) is 14.3. The van der Waals surface area contributed by atoms with Gasteiger partial charge in [-0.3, -0.25) is 4.57 Å². The Balaban J connectivity index is 2.37. The molecule has 0 amide bonds. The third kappa shape index (κ3) is 1.77. The molecule has 3 rings (SSSR count). The molecule has 0 spiro atoms. The van der Waals surface area contributed by atoms with Crippen LogP contribution in [0.1, 0.15) is 0 Å². The summed E-state index contributed by atoms with van der Waals surface area (Å²) in [4.78, 5) is 4.16. The molecule has 2 aromatic carbocycles. The number of ether oxygens (including phenoxy) is 1. The Labute approximate surface area is 113 Å². The predicted molar refractivity (Wildman–Crippen MR) is 72.0 cm³/mol. The maximum Gasteiger partial charge on any atom is 0.206 e. The molecule has 4 nitrogen and oxygen atoms in total. The van der Waals surface area contributed by atoms with E-state index in [-0.39, 0.29) is 11.6 Å². The fourth-order valence-corrected chi connectivity index (χ4v) is 2.17. The number of fused-ring (bicyclic) bond motifs is 1. The number of hydrogen-bond acceptors (Lipinski definition) is 3. The van der Waals surface area contributed by atoms with Crippen molar-refractivity contribution in [2.45, 2.75) is 0 Å². The first-order valence-corrected chi connectivity index (χ1v) is 5.88. The normalized spacial score (nSPS) is 10.9. The fourth-order valence-electron chi connectivity index (χ4n) is 2.17. The number of aromatic nitrogens is 2. The molecule has 0 bridgehead atoms. The van der Waals surface area contributed by atoms with Crippen molar-refractivity contribution in [3.63, 3.8) is 0 Å². The molecule has 3 aromatic rings. The molecule has 0 aliphatic carbocycles. The summed E-state index contributed by atoms with van der Waals surface area (Å²) in [6, 6.07) is 8.35. The lowest BCUT2D eigenvalue weighted by atomic mass is 10.2. The van der Waals surface area contributed by atoms with E-state index in [0.717, 1.165) is 18.2 Å². The van der Waals surface area contributed by atoms with E-state index in [1.165, 1.54) is 11.7 Å². The van der Waals surface area contributed by atoms with Gasteiger partial charge in [0.05, 0.1) is 18.3 Å². The first-order valence-electron chi connectivity index (χ1n) is 5.88. The third-order valence-electron chi connectivity index (χ3n) is 3.04. The van der Waals surface area contributed by atoms with E-state index in [1.54, 1.807) is 18.2 Å². The maximum absolute atomic E-state index is 13.9. The summed E-state index contributed by atoms with van der Waals surface area (Å²) >= 11 is 0. The lowest BCUT2D eigenvalue weighted by Gasteiger charge is -2.08. The number of nitrogens with zero attached hydrogens (tertiary/aromatic N) is 2. The van der Waals surface area contributed by atoms with Crippen LogP contribution < -0.4 is 10.5 Å². The summed E-state index contributed by atoms with van der Waals surface area (Å²) in [5.41, 5.74) is 6.89. The Morgan fingerprint density at radius 3 is 2.75 bits per heavy atom. The number of nitrogen functional groups attached to an aromatic ring is 1. The highest BCUT2D eigenvalue weighted by Gasteiger charge is 2.16. The minimum absolute atomic E-state index is 0.0123. The van der Waals surface area contributed by atoms with Crippen LogP contribution in [-0.4, -0.2) is 16.7 Å². The Morgan fingerprint density at radius 2 is 2.00 bits per heavy atom. The number of methoxy groups -OCH3 is 1. The molecule has 20 heavy (non-hydrogen) atoms. The highest BCUT2D eigenvalue weighted by molar-refractivity contribution is 5.86. The molecule has 6 heteroatoms. The SMILES string of the molecule is COc1cccc2c1nc(N)n2-c1cc(F)ccc1F. The van der Waals surface area contributed by atoms with E-state index in [4.69, 9.17) is 10.5 Å². The second-order valence-electron chi connectivity index (χ2n) is 4.23. The van der Waals surface area contributed by atoms with Gasteiger partial charge in [-0.2, -0.15) is 0 Å². The van der Waals surface area contributed by atoms with Gasteiger partial charge in [-0.05, 0) is 24.3 Å². The molecule has 0 saturated carbocycles. The van der Waals surface area contributed by atoms with Crippen molar-refractivity contribution < 1.29 is 13.5 Å². The summed E-state index contributed by atoms with van der Waals surface area (Å²) < 4.78 is 33.8. The summed E-state index contributed by atoms with van der Waals surface area (Å²) in [6.45, 7) is 0. The van der Waals surface area contributed by atoms with Gasteiger partial charge in [0.15, 0.2) is 0 Å². The third-order valence-corrected chi connectivity index (χ3v) is 3.04. The van der Waals surface area contributed by atoms with Gasteiger partial charge in [0.25, 0.3) is 0 Å². The van der Waals surface area contributed by atoms with Crippen LogP contribution in [0.2, 0.25) is 0 Å². The van der Waals surface area contributed by atoms with Crippen molar-refractivity contribution in [1.29, 1.82) is 0 Å². The largest absolute Gasteiger partial charge is 0.494 e. The fraction of sp³-hybridized carbons (Fsp3) is 0.0714. The number of anilines is 1. The summed E-state index contributed by atoms with van der Waals surface area (Å²) in [7, 11) is 1.51. The molecule has 0 saturated heterocycles. The van der Waals surface area contributed by atoms with Gasteiger partial charge in [-0.15, -0.1) is 0 Å². The van der Waals surface area contributed by atoms with Crippen LogP contribution in [0, 0.1) is 11.6 Å². The molecule has 1 heterocycles. The van der Waals surface area contributed by atoms with Crippen molar-refractivity contribution in [3.05, 3.63) is 48.0 Å². The van der Waals surface area contributed by atoms with E-state index in [9.17, 15) is 8.78 Å². The molecular formula is C14H11F2N3O. The van der Waals surface area contributed by atoms with E-state index in [1.807, 2.05) is 0 Å². The van der Waals surface area contributed by atoms with Crippen LogP contribution >= 0.6 is 0 Å². The number of hydrogen-bond donors (Lipinski definition) is 1. The second-order valence-corrected chi connectivity index (χ2v) is 4.23. The minimum atomic E-state index is -0.583. The van der Waals surface area contributed by atoms with Gasteiger partial charge in [-0.25, -0.2) is 13.8 Å². The van der Waals surface area contributed by atoms with Gasteiger partial charge in [-0.1, -0.05) is 6.07 Å². The van der Waals surface area contributed by atoms with E-state index in [2.05, 4.69) is 4.98 Å². The average Bonchev–Trinajstić information content (AvgIpc) is 2.77. The topological polar surface area (TPSA) is 53.1 Å². The molecule has 0 atom stereocenters. The Kier molecular flexibility index (Phi) is 2.78. The average molecular weight is 275 g/mol. The van der Waals surface area contributed by atoms with Gasteiger partial charge in [0, 0.05) is 6.07 Å². The number of nitrogens with two attached hydrogens (primary N) is 1. The maximum atomic E-state index is 13.9. The van der Waals surface area contributed by atoms with E-state index >= 15 is 0 Å². The lowest BCUT2D eigenvalue weighted by Crippen LogP contribution is -2.03. The van der Waals surface area contributed by atoms with E-state index < -0.39 is 11.6 Å². The molecule has 0 unspecified atom stereocenters. The lowest BCUT2D eigenvalue weighted by molar-refractivity contribution is 0.419. The van der Waals surface area contributed by atoms with Crippen molar-refractivity contribution in [2.24, 2.45) is 0 Å². The quantitative estimate of drug-likeness (QED) is 0.782. The Hall–Kier alpha value is -2.63. The molecule has 2 N–H and O–H groups in total. The first-order chi connectivity index (χ1) is 9.61. The van der Waals surface area contributed by atoms with Gasteiger partial charge in [0.1, 0.15) is 22.9 Å². The van der Waals surface area contributed by atoms with E-state index in [0.29, 0.717) is 16.8 Å². The van der Waals surface area contributed by atoms with Crippen molar-refractivity contribution >= 4 is 17.0 Å². The Morgan fingerprint density at radius 1 is 1.20 bits per heavy atom. The second kappa shape index (κ2) is 4.48. The van der Waals surface area contributed by atoms with Crippen LogP contribution in [-0.2, 0) is 0 Å². The van der Waals surface area contributed by atoms with Crippen LogP contribution in [0.3, 0.4) is 0 Å². The van der Waals surface area contributed by atoms with Gasteiger partial charge >= 0.3 is 0 Å². The van der Waals surface area contributed by atoms with Crippen molar-refractivity contribution in [1.82, 2.24) is 9.55 Å². The van der Waals surface area contributed by atoms with Gasteiger partial charge in [0.2, 0.25) is 5.95 Å². The predicted octanol–water partition coefficient (Wildman–Crippen LogP) is 2.89. The number of rotatable bonds is 2. The van der Waals surface area contributed by atoms with Crippen LogP contribution in [0.15, 0.2) is 36.4 Å². The molecule has 0 radical (unpaired) electrons. The molecule has 0 fully saturated rings.